The molecule has 6 nitrogen and oxygen atoms in total. The van der Waals surface area contributed by atoms with Crippen molar-refractivity contribution in [1.82, 2.24) is 10.6 Å². The minimum atomic E-state index is -0.855. The van der Waals surface area contributed by atoms with Crippen LogP contribution in [0.4, 0.5) is 9.18 Å². The molecule has 4 amide bonds. The Morgan fingerprint density at radius 1 is 1.04 bits per heavy atom. The van der Waals surface area contributed by atoms with E-state index < -0.39 is 17.8 Å². The maximum atomic E-state index is 13.5. The summed E-state index contributed by atoms with van der Waals surface area (Å²) in [6.07, 6.45) is 1.77. The third-order valence-corrected chi connectivity index (χ3v) is 3.88. The normalized spacial score (nSPS) is 13.9. The Morgan fingerprint density at radius 2 is 1.77 bits per heavy atom. The van der Waals surface area contributed by atoms with E-state index in [0.29, 0.717) is 17.7 Å². The lowest BCUT2D eigenvalue weighted by Gasteiger charge is -2.15. The molecule has 1 heterocycles. The number of imide groups is 2. The number of ether oxygens (including phenoxy) is 1. The van der Waals surface area contributed by atoms with Gasteiger partial charge in [-0.2, -0.15) is 0 Å². The van der Waals surface area contributed by atoms with Crippen LogP contribution in [0.3, 0.4) is 0 Å². The SMILES string of the molecule is COc1ccc(C=C2C(=O)NC(=O)NC2=O)c(Cc2cccc(F)c2)c1. The van der Waals surface area contributed by atoms with Crippen molar-refractivity contribution >= 4 is 23.9 Å². The number of carbonyl (C=O) groups excluding carboxylic acids is 3. The Kier molecular flexibility index (Phi) is 4.79. The summed E-state index contributed by atoms with van der Waals surface area (Å²) in [5.74, 6) is -1.31. The highest BCUT2D eigenvalue weighted by atomic mass is 19.1. The molecule has 0 aliphatic carbocycles. The van der Waals surface area contributed by atoms with Gasteiger partial charge in [-0.15, -0.1) is 0 Å². The van der Waals surface area contributed by atoms with E-state index in [2.05, 4.69) is 0 Å². The van der Waals surface area contributed by atoms with E-state index in [1.165, 1.54) is 25.3 Å². The molecule has 1 aliphatic rings. The summed E-state index contributed by atoms with van der Waals surface area (Å²) in [7, 11) is 1.52. The first kappa shape index (κ1) is 17.3. The largest absolute Gasteiger partial charge is 0.497 e. The highest BCUT2D eigenvalue weighted by molar-refractivity contribution is 6.31. The predicted octanol–water partition coefficient (Wildman–Crippen LogP) is 2.17. The van der Waals surface area contributed by atoms with Gasteiger partial charge in [0.05, 0.1) is 7.11 Å². The fourth-order valence-corrected chi connectivity index (χ4v) is 2.63. The molecule has 1 saturated heterocycles. The van der Waals surface area contributed by atoms with Crippen molar-refractivity contribution in [2.24, 2.45) is 0 Å². The molecule has 0 aromatic heterocycles. The topological polar surface area (TPSA) is 84.5 Å². The van der Waals surface area contributed by atoms with Gasteiger partial charge < -0.3 is 4.74 Å². The van der Waals surface area contributed by atoms with Crippen LogP contribution in [0.25, 0.3) is 6.08 Å². The van der Waals surface area contributed by atoms with Gasteiger partial charge in [0, 0.05) is 0 Å². The van der Waals surface area contributed by atoms with E-state index in [0.717, 1.165) is 11.1 Å². The van der Waals surface area contributed by atoms with Crippen molar-refractivity contribution in [3.05, 3.63) is 70.5 Å². The lowest BCUT2D eigenvalue weighted by molar-refractivity contribution is -0.123. The average molecular weight is 354 g/mol. The number of amides is 4. The van der Waals surface area contributed by atoms with Crippen molar-refractivity contribution in [3.8, 4) is 5.75 Å². The van der Waals surface area contributed by atoms with Crippen LogP contribution in [-0.2, 0) is 16.0 Å². The summed E-state index contributed by atoms with van der Waals surface area (Å²) >= 11 is 0. The molecule has 2 N–H and O–H groups in total. The van der Waals surface area contributed by atoms with Crippen molar-refractivity contribution < 1.29 is 23.5 Å². The maximum Gasteiger partial charge on any atom is 0.328 e. The summed E-state index contributed by atoms with van der Waals surface area (Å²) in [6.45, 7) is 0. The van der Waals surface area contributed by atoms with Gasteiger partial charge >= 0.3 is 6.03 Å². The first-order chi connectivity index (χ1) is 12.5. The summed E-state index contributed by atoms with van der Waals surface area (Å²) in [5, 5.41) is 4.05. The van der Waals surface area contributed by atoms with Crippen LogP contribution in [0.15, 0.2) is 48.0 Å². The van der Waals surface area contributed by atoms with E-state index in [1.54, 1.807) is 30.3 Å². The van der Waals surface area contributed by atoms with Gasteiger partial charge in [0.2, 0.25) is 0 Å². The number of hydrogen-bond donors (Lipinski definition) is 2. The molecule has 2 aromatic carbocycles. The number of halogens is 1. The smallest absolute Gasteiger partial charge is 0.328 e. The second kappa shape index (κ2) is 7.18. The number of barbiturate groups is 1. The van der Waals surface area contributed by atoms with Gasteiger partial charge in [-0.3, -0.25) is 20.2 Å². The summed E-state index contributed by atoms with van der Waals surface area (Å²) in [5.41, 5.74) is 1.87. The van der Waals surface area contributed by atoms with Gasteiger partial charge in [0.15, 0.2) is 0 Å². The van der Waals surface area contributed by atoms with Crippen molar-refractivity contribution in [2.45, 2.75) is 6.42 Å². The quantitative estimate of drug-likeness (QED) is 0.651. The van der Waals surface area contributed by atoms with Gasteiger partial charge in [-0.25, -0.2) is 9.18 Å². The Balaban J connectivity index is 2.01. The van der Waals surface area contributed by atoms with Gasteiger partial charge in [0.1, 0.15) is 17.1 Å². The molecular formula is C19H15FN2O4. The number of urea groups is 1. The summed E-state index contributed by atoms with van der Waals surface area (Å²) < 4.78 is 18.7. The molecule has 3 rings (SSSR count). The first-order valence-corrected chi connectivity index (χ1v) is 7.76. The Hall–Kier alpha value is -3.48. The van der Waals surface area contributed by atoms with Crippen molar-refractivity contribution in [2.75, 3.05) is 7.11 Å². The molecule has 132 valence electrons. The second-order valence-electron chi connectivity index (χ2n) is 5.67. The Labute approximate surface area is 148 Å². The van der Waals surface area contributed by atoms with Crippen molar-refractivity contribution in [3.63, 3.8) is 0 Å². The van der Waals surface area contributed by atoms with Crippen LogP contribution in [0, 0.1) is 5.82 Å². The van der Waals surface area contributed by atoms with Crippen LogP contribution in [-0.4, -0.2) is 25.0 Å². The number of benzene rings is 2. The van der Waals surface area contributed by atoms with Crippen LogP contribution in [0.2, 0.25) is 0 Å². The molecule has 26 heavy (non-hydrogen) atoms. The van der Waals surface area contributed by atoms with Crippen molar-refractivity contribution in [1.29, 1.82) is 0 Å². The van der Waals surface area contributed by atoms with E-state index >= 15 is 0 Å². The fraction of sp³-hybridized carbons (Fsp3) is 0.105. The van der Waals surface area contributed by atoms with Gasteiger partial charge in [0.25, 0.3) is 11.8 Å². The maximum absolute atomic E-state index is 13.5. The minimum Gasteiger partial charge on any atom is -0.497 e. The first-order valence-electron chi connectivity index (χ1n) is 7.76. The number of hydrogen-bond acceptors (Lipinski definition) is 4. The fourth-order valence-electron chi connectivity index (χ4n) is 2.63. The standard InChI is InChI=1S/C19H15FN2O4/c1-26-15-6-5-12(10-16-17(23)21-19(25)22-18(16)24)13(9-15)7-11-3-2-4-14(20)8-11/h2-6,8-10H,7H2,1H3,(H2,21,22,23,24,25). The number of methoxy groups -OCH3 is 1. The van der Waals surface area contributed by atoms with Gasteiger partial charge in [-0.1, -0.05) is 18.2 Å². The number of nitrogens with one attached hydrogen (secondary N) is 2. The lowest BCUT2D eigenvalue weighted by Crippen LogP contribution is -2.51. The summed E-state index contributed by atoms with van der Waals surface area (Å²) in [4.78, 5) is 35.0. The van der Waals surface area contributed by atoms with Crippen LogP contribution < -0.4 is 15.4 Å². The van der Waals surface area contributed by atoms with Crippen LogP contribution in [0.5, 0.6) is 5.75 Å². The molecule has 0 unspecified atom stereocenters. The minimum absolute atomic E-state index is 0.185. The zero-order valence-electron chi connectivity index (χ0n) is 13.8. The van der Waals surface area contributed by atoms with Crippen LogP contribution in [0.1, 0.15) is 16.7 Å². The molecule has 0 saturated carbocycles. The lowest BCUT2D eigenvalue weighted by atomic mass is 9.97. The molecule has 0 bridgehead atoms. The zero-order chi connectivity index (χ0) is 18.7. The third-order valence-electron chi connectivity index (χ3n) is 3.88. The molecule has 1 aliphatic heterocycles. The van der Waals surface area contributed by atoms with Crippen LogP contribution >= 0.6 is 0 Å². The predicted molar refractivity (Wildman–Crippen MR) is 91.9 cm³/mol. The van der Waals surface area contributed by atoms with E-state index in [-0.39, 0.29) is 11.4 Å². The second-order valence-corrected chi connectivity index (χ2v) is 5.67. The Morgan fingerprint density at radius 3 is 2.42 bits per heavy atom. The molecule has 0 spiro atoms. The Bertz CT molecular complexity index is 915. The monoisotopic (exact) mass is 354 g/mol. The molecule has 1 fully saturated rings. The zero-order valence-corrected chi connectivity index (χ0v) is 13.8. The number of carbonyl (C=O) groups is 3. The van der Waals surface area contributed by atoms with E-state index in [4.69, 9.17) is 4.74 Å². The highest BCUT2D eigenvalue weighted by Gasteiger charge is 2.27. The molecule has 7 heteroatoms. The van der Waals surface area contributed by atoms with E-state index in [9.17, 15) is 18.8 Å². The summed E-state index contributed by atoms with van der Waals surface area (Å²) in [6, 6.07) is 10.4. The third kappa shape index (κ3) is 3.77. The number of rotatable bonds is 4. The highest BCUT2D eigenvalue weighted by Crippen LogP contribution is 2.23. The molecular weight excluding hydrogens is 339 g/mol. The average Bonchev–Trinajstić information content (AvgIpc) is 2.59. The van der Waals surface area contributed by atoms with E-state index in [1.807, 2.05) is 10.6 Å². The molecule has 0 atom stereocenters. The van der Waals surface area contributed by atoms with Gasteiger partial charge in [-0.05, 0) is 53.5 Å². The molecule has 0 radical (unpaired) electrons. The molecule has 2 aromatic rings.